The predicted molar refractivity (Wildman–Crippen MR) is 51.2 cm³/mol. The molecule has 0 aromatic carbocycles. The third-order valence-corrected chi connectivity index (χ3v) is 3.74. The van der Waals surface area contributed by atoms with Gasteiger partial charge in [-0.2, -0.15) is 0 Å². The van der Waals surface area contributed by atoms with Gasteiger partial charge in [-0.1, -0.05) is 0 Å². The van der Waals surface area contributed by atoms with E-state index in [1.54, 1.807) is 12.3 Å². The Kier molecular flexibility index (Phi) is 1.65. The summed E-state index contributed by atoms with van der Waals surface area (Å²) in [6.45, 7) is 1.06. The van der Waals surface area contributed by atoms with Crippen molar-refractivity contribution >= 4 is 0 Å². The zero-order chi connectivity index (χ0) is 9.60. The molecule has 1 aliphatic carbocycles. The van der Waals surface area contributed by atoms with Crippen LogP contribution in [0.4, 0.5) is 4.39 Å². The standard InChI is InChI=1S/C11H13FN2/c12-10-5-9(6-13-7-10)11-3-1-8(11)2-4-14-11/h5-8,14H,1-4H2. The summed E-state index contributed by atoms with van der Waals surface area (Å²) in [4.78, 5) is 3.93. The maximum atomic E-state index is 13.1. The molecular formula is C11H13FN2. The van der Waals surface area contributed by atoms with Crippen LogP contribution >= 0.6 is 0 Å². The lowest BCUT2D eigenvalue weighted by Gasteiger charge is -2.45. The predicted octanol–water partition coefficient (Wildman–Crippen LogP) is 1.82. The summed E-state index contributed by atoms with van der Waals surface area (Å²) >= 11 is 0. The molecule has 0 bridgehead atoms. The van der Waals surface area contributed by atoms with Gasteiger partial charge in [0.05, 0.1) is 6.20 Å². The van der Waals surface area contributed by atoms with Crippen molar-refractivity contribution in [3.63, 3.8) is 0 Å². The molecular weight excluding hydrogens is 179 g/mol. The van der Waals surface area contributed by atoms with E-state index in [-0.39, 0.29) is 11.4 Å². The van der Waals surface area contributed by atoms with E-state index in [0.717, 1.165) is 18.5 Å². The zero-order valence-corrected chi connectivity index (χ0v) is 7.96. The van der Waals surface area contributed by atoms with Crippen molar-refractivity contribution < 1.29 is 4.39 Å². The van der Waals surface area contributed by atoms with Gasteiger partial charge in [-0.15, -0.1) is 0 Å². The molecule has 1 aromatic heterocycles. The fourth-order valence-electron chi connectivity index (χ4n) is 2.87. The molecule has 0 amide bonds. The van der Waals surface area contributed by atoms with Crippen LogP contribution in [0.1, 0.15) is 24.8 Å². The first-order valence-corrected chi connectivity index (χ1v) is 5.17. The van der Waals surface area contributed by atoms with E-state index < -0.39 is 0 Å². The Bertz CT molecular complexity index is 366. The van der Waals surface area contributed by atoms with Gasteiger partial charge in [0.2, 0.25) is 0 Å². The molecule has 1 saturated heterocycles. The molecule has 14 heavy (non-hydrogen) atoms. The van der Waals surface area contributed by atoms with Crippen LogP contribution in [0.5, 0.6) is 0 Å². The average Bonchev–Trinajstić information content (AvgIpc) is 2.43. The topological polar surface area (TPSA) is 24.9 Å². The summed E-state index contributed by atoms with van der Waals surface area (Å²) in [7, 11) is 0. The Morgan fingerprint density at radius 2 is 2.36 bits per heavy atom. The highest BCUT2D eigenvalue weighted by molar-refractivity contribution is 5.28. The number of hydrogen-bond donors (Lipinski definition) is 1. The molecule has 74 valence electrons. The van der Waals surface area contributed by atoms with E-state index in [1.807, 2.05) is 0 Å². The number of hydrogen-bond acceptors (Lipinski definition) is 2. The molecule has 0 radical (unpaired) electrons. The second-order valence-electron chi connectivity index (χ2n) is 4.31. The maximum absolute atomic E-state index is 13.1. The van der Waals surface area contributed by atoms with Crippen molar-refractivity contribution in [2.45, 2.75) is 24.8 Å². The maximum Gasteiger partial charge on any atom is 0.141 e. The van der Waals surface area contributed by atoms with E-state index in [1.165, 1.54) is 19.0 Å². The van der Waals surface area contributed by atoms with Crippen LogP contribution in [0.15, 0.2) is 18.5 Å². The highest BCUT2D eigenvalue weighted by atomic mass is 19.1. The van der Waals surface area contributed by atoms with Gasteiger partial charge in [-0.05, 0) is 43.4 Å². The normalized spacial score (nSPS) is 35.1. The van der Waals surface area contributed by atoms with Gasteiger partial charge in [0.1, 0.15) is 5.82 Å². The zero-order valence-electron chi connectivity index (χ0n) is 7.96. The van der Waals surface area contributed by atoms with Gasteiger partial charge in [-0.25, -0.2) is 4.39 Å². The second-order valence-corrected chi connectivity index (χ2v) is 4.31. The Morgan fingerprint density at radius 1 is 1.43 bits per heavy atom. The molecule has 1 N–H and O–H groups in total. The van der Waals surface area contributed by atoms with E-state index in [2.05, 4.69) is 10.3 Å². The fourth-order valence-corrected chi connectivity index (χ4v) is 2.87. The molecule has 2 nitrogen and oxygen atoms in total. The number of nitrogens with zero attached hydrogens (tertiary/aromatic N) is 1. The van der Waals surface area contributed by atoms with Crippen LogP contribution in [-0.2, 0) is 5.54 Å². The summed E-state index contributed by atoms with van der Waals surface area (Å²) in [5.74, 6) is 0.474. The summed E-state index contributed by atoms with van der Waals surface area (Å²) in [6.07, 6.45) is 6.68. The van der Waals surface area contributed by atoms with Gasteiger partial charge in [0.25, 0.3) is 0 Å². The van der Waals surface area contributed by atoms with Gasteiger partial charge in [0.15, 0.2) is 0 Å². The molecule has 1 aliphatic heterocycles. The van der Waals surface area contributed by atoms with Crippen molar-refractivity contribution in [2.75, 3.05) is 6.54 Å². The average molecular weight is 192 g/mol. The van der Waals surface area contributed by atoms with Gasteiger partial charge in [0, 0.05) is 11.7 Å². The fraction of sp³-hybridized carbons (Fsp3) is 0.545. The highest BCUT2D eigenvalue weighted by Crippen LogP contribution is 2.51. The van der Waals surface area contributed by atoms with Gasteiger partial charge >= 0.3 is 0 Å². The Hall–Kier alpha value is -0.960. The van der Waals surface area contributed by atoms with Crippen molar-refractivity contribution in [3.05, 3.63) is 29.8 Å². The first-order valence-electron chi connectivity index (χ1n) is 5.17. The van der Waals surface area contributed by atoms with E-state index in [4.69, 9.17) is 0 Å². The number of rotatable bonds is 1. The van der Waals surface area contributed by atoms with Crippen LogP contribution in [0, 0.1) is 11.7 Å². The minimum atomic E-state index is -0.226. The third kappa shape index (κ3) is 0.960. The molecule has 2 aliphatic rings. The smallest absolute Gasteiger partial charge is 0.141 e. The van der Waals surface area contributed by atoms with Crippen LogP contribution in [0.25, 0.3) is 0 Å². The Balaban J connectivity index is 2.02. The second kappa shape index (κ2) is 2.76. The number of nitrogens with one attached hydrogen (secondary N) is 1. The van der Waals surface area contributed by atoms with Crippen molar-refractivity contribution in [2.24, 2.45) is 5.92 Å². The monoisotopic (exact) mass is 192 g/mol. The molecule has 2 unspecified atom stereocenters. The van der Waals surface area contributed by atoms with E-state index >= 15 is 0 Å². The summed E-state index contributed by atoms with van der Waals surface area (Å²) in [6, 6.07) is 1.62. The summed E-state index contributed by atoms with van der Waals surface area (Å²) in [5, 5.41) is 3.51. The van der Waals surface area contributed by atoms with Crippen molar-refractivity contribution in [3.8, 4) is 0 Å². The summed E-state index contributed by atoms with van der Waals surface area (Å²) in [5.41, 5.74) is 1.10. The molecule has 3 heteroatoms. The SMILES string of the molecule is Fc1cncc(C23CCC2CCN3)c1. The molecule has 0 spiro atoms. The van der Waals surface area contributed by atoms with Crippen molar-refractivity contribution in [1.29, 1.82) is 0 Å². The summed E-state index contributed by atoms with van der Waals surface area (Å²) < 4.78 is 13.1. The first kappa shape index (κ1) is 8.36. The van der Waals surface area contributed by atoms with Crippen LogP contribution in [0.2, 0.25) is 0 Å². The molecule has 1 saturated carbocycles. The minimum absolute atomic E-state index is 0.0646. The molecule has 2 fully saturated rings. The first-order chi connectivity index (χ1) is 6.81. The van der Waals surface area contributed by atoms with Crippen molar-refractivity contribution in [1.82, 2.24) is 10.3 Å². The van der Waals surface area contributed by atoms with Crippen LogP contribution in [-0.4, -0.2) is 11.5 Å². The third-order valence-electron chi connectivity index (χ3n) is 3.74. The van der Waals surface area contributed by atoms with E-state index in [0.29, 0.717) is 5.92 Å². The number of pyridine rings is 1. The lowest BCUT2D eigenvalue weighted by Crippen LogP contribution is -2.49. The molecule has 1 aromatic rings. The molecule has 2 heterocycles. The molecule has 3 rings (SSSR count). The largest absolute Gasteiger partial charge is 0.307 e. The lowest BCUT2D eigenvalue weighted by atomic mass is 9.64. The number of fused-ring (bicyclic) bond motifs is 1. The Morgan fingerprint density at radius 3 is 3.00 bits per heavy atom. The van der Waals surface area contributed by atoms with Crippen LogP contribution in [0.3, 0.4) is 0 Å². The van der Waals surface area contributed by atoms with E-state index in [9.17, 15) is 4.39 Å². The Labute approximate surface area is 82.5 Å². The van der Waals surface area contributed by atoms with Gasteiger partial charge < -0.3 is 5.32 Å². The highest BCUT2D eigenvalue weighted by Gasteiger charge is 2.50. The quantitative estimate of drug-likeness (QED) is 0.734. The molecule has 2 atom stereocenters. The van der Waals surface area contributed by atoms with Gasteiger partial charge in [-0.3, -0.25) is 4.98 Å². The number of halogens is 1. The lowest BCUT2D eigenvalue weighted by molar-refractivity contribution is 0.135. The number of aromatic nitrogens is 1. The minimum Gasteiger partial charge on any atom is -0.307 e. The van der Waals surface area contributed by atoms with Crippen LogP contribution < -0.4 is 5.32 Å².